The van der Waals surface area contributed by atoms with Crippen LogP contribution in [0, 0.1) is 5.92 Å². The summed E-state index contributed by atoms with van der Waals surface area (Å²) in [4.78, 5) is 27.9. The molecule has 2 unspecified atom stereocenters. The number of aliphatic hydroxyl groups excluding tert-OH is 1. The number of nitrogens with zero attached hydrogens (tertiary/aromatic N) is 3. The van der Waals surface area contributed by atoms with Gasteiger partial charge in [-0.05, 0) is 18.6 Å². The summed E-state index contributed by atoms with van der Waals surface area (Å²) in [6.07, 6.45) is 7.95. The van der Waals surface area contributed by atoms with Crippen molar-refractivity contribution < 1.29 is 19.4 Å². The van der Waals surface area contributed by atoms with E-state index < -0.39 is 0 Å². The van der Waals surface area contributed by atoms with Gasteiger partial charge in [-0.15, -0.1) is 0 Å². The first-order chi connectivity index (χ1) is 17.0. The first-order valence-electron chi connectivity index (χ1n) is 12.0. The van der Waals surface area contributed by atoms with Crippen molar-refractivity contribution in [2.75, 3.05) is 19.7 Å². The molecule has 1 aromatic carbocycles. The molecular formula is C27H30N4O4. The van der Waals surface area contributed by atoms with E-state index in [-0.39, 0.29) is 30.3 Å². The van der Waals surface area contributed by atoms with E-state index in [0.717, 1.165) is 28.9 Å². The van der Waals surface area contributed by atoms with Crippen molar-refractivity contribution in [2.24, 2.45) is 5.92 Å². The summed E-state index contributed by atoms with van der Waals surface area (Å²) in [5.41, 5.74) is 4.32. The third-order valence-electron chi connectivity index (χ3n) is 6.68. The molecular weight excluding hydrogens is 444 g/mol. The van der Waals surface area contributed by atoms with Gasteiger partial charge in [-0.25, -0.2) is 0 Å². The molecule has 1 aromatic heterocycles. The second-order valence-electron chi connectivity index (χ2n) is 9.24. The van der Waals surface area contributed by atoms with Crippen LogP contribution in [0.5, 0.6) is 0 Å². The molecule has 0 bridgehead atoms. The molecule has 35 heavy (non-hydrogen) atoms. The Morgan fingerprint density at radius 3 is 2.91 bits per heavy atom. The molecule has 182 valence electrons. The van der Waals surface area contributed by atoms with Gasteiger partial charge in [-0.2, -0.15) is 5.10 Å². The fourth-order valence-corrected chi connectivity index (χ4v) is 4.93. The molecule has 2 aromatic rings. The van der Waals surface area contributed by atoms with Gasteiger partial charge >= 0.3 is 0 Å². The summed E-state index contributed by atoms with van der Waals surface area (Å²) in [5.74, 6) is 0.224. The molecule has 0 radical (unpaired) electrons. The third kappa shape index (κ3) is 4.99. The number of carbonyl (C=O) groups excluding carboxylic acids is 2. The lowest BCUT2D eigenvalue weighted by molar-refractivity contribution is -0.121. The van der Waals surface area contributed by atoms with Crippen LogP contribution in [0.2, 0.25) is 0 Å². The van der Waals surface area contributed by atoms with E-state index in [2.05, 4.69) is 15.3 Å². The van der Waals surface area contributed by atoms with Gasteiger partial charge < -0.3 is 15.2 Å². The van der Waals surface area contributed by atoms with Gasteiger partial charge in [0.2, 0.25) is 0 Å². The normalized spacial score (nSPS) is 21.5. The number of fused-ring (bicyclic) bond motifs is 2. The SMILES string of the molecule is CC1=CC2C(=O)C=C(CN3CCc4c(c(C(=O)NCc5ccccc5)nn4CCO)C3)OC2C=C1. The van der Waals surface area contributed by atoms with Crippen LogP contribution in [0.4, 0.5) is 0 Å². The van der Waals surface area contributed by atoms with Crippen LogP contribution in [0.15, 0.2) is 66.0 Å². The summed E-state index contributed by atoms with van der Waals surface area (Å²) in [5, 5.41) is 17.0. The molecule has 3 aliphatic rings. The molecule has 0 saturated carbocycles. The fraction of sp³-hybridized carbons (Fsp3) is 0.370. The number of aromatic nitrogens is 2. The number of amides is 1. The summed E-state index contributed by atoms with van der Waals surface area (Å²) in [6.45, 7) is 4.45. The summed E-state index contributed by atoms with van der Waals surface area (Å²) >= 11 is 0. The second-order valence-corrected chi connectivity index (χ2v) is 9.24. The zero-order valence-electron chi connectivity index (χ0n) is 19.8. The summed E-state index contributed by atoms with van der Waals surface area (Å²) in [6, 6.07) is 9.74. The van der Waals surface area contributed by atoms with Crippen molar-refractivity contribution in [2.45, 2.75) is 39.1 Å². The van der Waals surface area contributed by atoms with Crippen molar-refractivity contribution >= 4 is 11.7 Å². The van der Waals surface area contributed by atoms with Gasteiger partial charge in [-0.3, -0.25) is 19.2 Å². The second kappa shape index (κ2) is 10.0. The van der Waals surface area contributed by atoms with E-state index in [4.69, 9.17) is 4.74 Å². The number of allylic oxidation sites excluding steroid dienone is 3. The van der Waals surface area contributed by atoms with Crippen LogP contribution in [-0.2, 0) is 35.6 Å². The lowest BCUT2D eigenvalue weighted by atomic mass is 9.88. The molecule has 2 N–H and O–H groups in total. The molecule has 2 atom stereocenters. The number of hydrogen-bond acceptors (Lipinski definition) is 6. The monoisotopic (exact) mass is 474 g/mol. The Hall–Kier alpha value is -3.49. The van der Waals surface area contributed by atoms with Crippen molar-refractivity contribution in [1.29, 1.82) is 0 Å². The Labute approximate surface area is 204 Å². The van der Waals surface area contributed by atoms with Crippen molar-refractivity contribution in [1.82, 2.24) is 20.0 Å². The number of carbonyl (C=O) groups is 2. The Kier molecular flexibility index (Phi) is 6.66. The van der Waals surface area contributed by atoms with Crippen molar-refractivity contribution in [3.63, 3.8) is 0 Å². The van der Waals surface area contributed by atoms with E-state index >= 15 is 0 Å². The minimum absolute atomic E-state index is 0.0459. The Balaban J connectivity index is 1.31. The highest BCUT2D eigenvalue weighted by atomic mass is 16.5. The van der Waals surface area contributed by atoms with E-state index in [0.29, 0.717) is 44.1 Å². The lowest BCUT2D eigenvalue weighted by Gasteiger charge is -2.33. The number of ether oxygens (including phenoxy) is 1. The minimum atomic E-state index is -0.266. The average molecular weight is 475 g/mol. The standard InChI is InChI=1S/C27H30N4O4/c1-18-7-8-25-21(13-18)24(33)14-20(35-25)16-30-10-9-23-22(17-30)26(29-31(23)11-12-32)27(34)28-15-19-5-3-2-4-6-19/h2-8,13-14,21,25,32H,9-12,15-17H2,1H3,(H,28,34). The van der Waals surface area contributed by atoms with Gasteiger partial charge in [0.05, 0.1) is 25.6 Å². The molecule has 2 aliphatic heterocycles. The molecule has 1 aliphatic carbocycles. The highest BCUT2D eigenvalue weighted by Gasteiger charge is 2.34. The number of nitrogens with one attached hydrogen (secondary N) is 1. The highest BCUT2D eigenvalue weighted by molar-refractivity contribution is 5.95. The zero-order valence-corrected chi connectivity index (χ0v) is 19.8. The van der Waals surface area contributed by atoms with Crippen LogP contribution in [-0.4, -0.2) is 57.3 Å². The Bertz CT molecular complexity index is 1210. The van der Waals surface area contributed by atoms with E-state index in [1.165, 1.54) is 0 Å². The van der Waals surface area contributed by atoms with Gasteiger partial charge in [0, 0.05) is 43.4 Å². The molecule has 0 fully saturated rings. The molecule has 1 amide bonds. The van der Waals surface area contributed by atoms with E-state index in [9.17, 15) is 14.7 Å². The van der Waals surface area contributed by atoms with E-state index in [1.807, 2.05) is 55.5 Å². The number of hydrogen-bond donors (Lipinski definition) is 2. The van der Waals surface area contributed by atoms with Gasteiger partial charge in [0.1, 0.15) is 11.9 Å². The summed E-state index contributed by atoms with van der Waals surface area (Å²) < 4.78 is 7.89. The van der Waals surface area contributed by atoms with Crippen LogP contribution >= 0.6 is 0 Å². The maximum Gasteiger partial charge on any atom is 0.272 e. The first-order valence-corrected chi connectivity index (χ1v) is 12.0. The fourth-order valence-electron chi connectivity index (χ4n) is 4.93. The summed E-state index contributed by atoms with van der Waals surface area (Å²) in [7, 11) is 0. The largest absolute Gasteiger partial charge is 0.488 e. The predicted octanol–water partition coefficient (Wildman–Crippen LogP) is 2.15. The van der Waals surface area contributed by atoms with Crippen LogP contribution < -0.4 is 5.32 Å². The maximum atomic E-state index is 13.1. The predicted molar refractivity (Wildman–Crippen MR) is 130 cm³/mol. The first kappa shape index (κ1) is 23.3. The zero-order chi connectivity index (χ0) is 24.4. The van der Waals surface area contributed by atoms with Crippen molar-refractivity contribution in [3.8, 4) is 0 Å². The third-order valence-corrected chi connectivity index (χ3v) is 6.68. The highest BCUT2D eigenvalue weighted by Crippen LogP contribution is 2.29. The molecule has 3 heterocycles. The molecule has 8 heteroatoms. The Morgan fingerprint density at radius 1 is 1.29 bits per heavy atom. The van der Waals surface area contributed by atoms with Gasteiger partial charge in [0.25, 0.3) is 5.91 Å². The minimum Gasteiger partial charge on any atom is -0.488 e. The number of ketones is 1. The Morgan fingerprint density at radius 2 is 2.11 bits per heavy atom. The van der Waals surface area contributed by atoms with Crippen LogP contribution in [0.25, 0.3) is 0 Å². The van der Waals surface area contributed by atoms with Crippen molar-refractivity contribution in [3.05, 3.63) is 88.5 Å². The van der Waals surface area contributed by atoms with Crippen LogP contribution in [0.1, 0.15) is 34.2 Å². The number of rotatable bonds is 7. The van der Waals surface area contributed by atoms with Gasteiger partial charge in [-0.1, -0.05) is 48.1 Å². The lowest BCUT2D eigenvalue weighted by Crippen LogP contribution is -2.38. The molecule has 8 nitrogen and oxygen atoms in total. The number of benzene rings is 1. The van der Waals surface area contributed by atoms with Crippen LogP contribution in [0.3, 0.4) is 0 Å². The molecule has 0 spiro atoms. The average Bonchev–Trinajstić information content (AvgIpc) is 3.22. The number of aliphatic hydroxyl groups is 1. The maximum absolute atomic E-state index is 13.1. The van der Waals surface area contributed by atoms with E-state index in [1.54, 1.807) is 10.8 Å². The smallest absolute Gasteiger partial charge is 0.272 e. The topological polar surface area (TPSA) is 96.7 Å². The van der Waals surface area contributed by atoms with Gasteiger partial charge in [0.15, 0.2) is 11.5 Å². The quantitative estimate of drug-likeness (QED) is 0.638. The molecule has 5 rings (SSSR count). The molecule has 0 saturated heterocycles.